The molecule has 31 heavy (non-hydrogen) atoms. The highest BCUT2D eigenvalue weighted by molar-refractivity contribution is 5.85. The smallest absolute Gasteiger partial charge is 0.377 e. The number of methoxy groups -OCH3 is 1. The van der Waals surface area contributed by atoms with Crippen LogP contribution >= 0.6 is 0 Å². The van der Waals surface area contributed by atoms with Gasteiger partial charge in [-0.1, -0.05) is 5.21 Å². The first-order chi connectivity index (χ1) is 14.9. The Balaban J connectivity index is 1.81. The van der Waals surface area contributed by atoms with Crippen molar-refractivity contribution in [2.75, 3.05) is 20.3 Å². The van der Waals surface area contributed by atoms with Crippen LogP contribution in [0.2, 0.25) is 0 Å². The third-order valence-corrected chi connectivity index (χ3v) is 3.83. The van der Waals surface area contributed by atoms with E-state index in [0.717, 1.165) is 0 Å². The molecule has 162 valence electrons. The van der Waals surface area contributed by atoms with E-state index in [4.69, 9.17) is 9.47 Å². The number of non-ortho nitro benzene ring substituents is 1. The van der Waals surface area contributed by atoms with Crippen LogP contribution in [0.1, 0.15) is 17.5 Å². The van der Waals surface area contributed by atoms with Crippen molar-refractivity contribution in [1.82, 2.24) is 29.8 Å². The first-order valence-corrected chi connectivity index (χ1v) is 8.81. The Bertz CT molecular complexity index is 1090. The van der Waals surface area contributed by atoms with E-state index < -0.39 is 16.9 Å². The Morgan fingerprint density at radius 1 is 1.19 bits per heavy atom. The fourth-order valence-corrected chi connectivity index (χ4v) is 2.41. The monoisotopic (exact) mass is 431 g/mol. The minimum absolute atomic E-state index is 0.0551. The molecule has 2 heterocycles. The molecular weight excluding hydrogens is 414 g/mol. The maximum atomic E-state index is 11.8. The van der Waals surface area contributed by atoms with Gasteiger partial charge in [0, 0.05) is 19.1 Å². The molecule has 2 aromatic heterocycles. The van der Waals surface area contributed by atoms with Gasteiger partial charge in [-0.25, -0.2) is 14.2 Å². The summed E-state index contributed by atoms with van der Waals surface area (Å²) in [5, 5.41) is 22.9. The summed E-state index contributed by atoms with van der Waals surface area (Å²) in [5.74, 6) is -1.20. The number of hydrogen-bond acceptors (Lipinski definition) is 11. The first-order valence-electron chi connectivity index (χ1n) is 8.81. The first kappa shape index (κ1) is 21.5. The number of hydrogen-bond donors (Lipinski definition) is 0. The Morgan fingerprint density at radius 2 is 1.94 bits per heavy atom. The molecule has 0 aliphatic carbocycles. The van der Waals surface area contributed by atoms with Crippen LogP contribution in [-0.4, -0.2) is 66.9 Å². The average Bonchev–Trinajstić information content (AvgIpc) is 3.40. The highest BCUT2D eigenvalue weighted by atomic mass is 16.6. The van der Waals surface area contributed by atoms with Crippen molar-refractivity contribution in [3.8, 4) is 17.2 Å². The van der Waals surface area contributed by atoms with Crippen molar-refractivity contribution in [1.29, 1.82) is 0 Å². The van der Waals surface area contributed by atoms with E-state index in [1.54, 1.807) is 0 Å². The highest BCUT2D eigenvalue weighted by Gasteiger charge is 2.20. The lowest BCUT2D eigenvalue weighted by atomic mass is 10.3. The van der Waals surface area contributed by atoms with E-state index in [1.807, 2.05) is 0 Å². The van der Waals surface area contributed by atoms with Gasteiger partial charge in [0.05, 0.1) is 30.5 Å². The number of nitrogens with zero attached hydrogens (tertiary/aromatic N) is 7. The van der Waals surface area contributed by atoms with E-state index in [1.165, 1.54) is 53.9 Å². The summed E-state index contributed by atoms with van der Waals surface area (Å²) >= 11 is 0. The fraction of sp³-hybridized carbons (Fsp3) is 0.294. The van der Waals surface area contributed by atoms with Gasteiger partial charge in [-0.3, -0.25) is 14.9 Å². The van der Waals surface area contributed by atoms with Crippen LogP contribution in [0.5, 0.6) is 0 Å². The van der Waals surface area contributed by atoms with Crippen LogP contribution in [0, 0.1) is 10.1 Å². The maximum Gasteiger partial charge on any atom is 0.377 e. The van der Waals surface area contributed by atoms with Crippen molar-refractivity contribution in [2.45, 2.75) is 13.7 Å². The number of ether oxygens (including phenoxy) is 3. The van der Waals surface area contributed by atoms with Gasteiger partial charge in [0.2, 0.25) is 0 Å². The van der Waals surface area contributed by atoms with E-state index in [2.05, 4.69) is 25.1 Å². The predicted molar refractivity (Wildman–Crippen MR) is 101 cm³/mol. The van der Waals surface area contributed by atoms with E-state index in [9.17, 15) is 19.7 Å². The molecule has 3 rings (SSSR count). The standard InChI is InChI=1S/C17H17N7O7/c1-11(25)31-8-7-30-10-23-16(18-15(20-23)17(26)29-2)14-9-22(21-19-14)12-3-5-13(6-4-12)24(27)28/h3-6,9H,7-8,10H2,1-2H3. The summed E-state index contributed by atoms with van der Waals surface area (Å²) in [7, 11) is 1.20. The molecule has 0 amide bonds. The number of esters is 2. The number of carbonyl (C=O) groups is 2. The fourth-order valence-electron chi connectivity index (χ4n) is 2.41. The Hall–Kier alpha value is -4.20. The quantitative estimate of drug-likeness (QED) is 0.203. The van der Waals surface area contributed by atoms with Gasteiger partial charge in [-0.15, -0.1) is 10.2 Å². The summed E-state index contributed by atoms with van der Waals surface area (Å²) in [4.78, 5) is 37.0. The molecule has 0 saturated heterocycles. The molecule has 0 N–H and O–H groups in total. The number of nitro benzene ring substituents is 1. The molecule has 0 atom stereocenters. The second-order valence-electron chi connectivity index (χ2n) is 5.95. The molecule has 0 radical (unpaired) electrons. The molecule has 0 aliphatic rings. The third kappa shape index (κ3) is 5.24. The van der Waals surface area contributed by atoms with Gasteiger partial charge in [-0.05, 0) is 12.1 Å². The number of aromatic nitrogens is 6. The molecule has 0 spiro atoms. The average molecular weight is 431 g/mol. The van der Waals surface area contributed by atoms with Gasteiger partial charge >= 0.3 is 11.9 Å². The third-order valence-electron chi connectivity index (χ3n) is 3.83. The van der Waals surface area contributed by atoms with Gasteiger partial charge in [0.15, 0.2) is 11.5 Å². The lowest BCUT2D eigenvalue weighted by Crippen LogP contribution is -2.12. The number of rotatable bonds is 9. The Labute approximate surface area is 174 Å². The summed E-state index contributed by atoms with van der Waals surface area (Å²) in [6.07, 6.45) is 1.52. The second-order valence-corrected chi connectivity index (χ2v) is 5.95. The minimum Gasteiger partial charge on any atom is -0.463 e. The molecular formula is C17H17N7O7. The predicted octanol–water partition coefficient (Wildman–Crippen LogP) is 0.758. The molecule has 0 aliphatic heterocycles. The van der Waals surface area contributed by atoms with E-state index in [0.29, 0.717) is 5.69 Å². The molecule has 0 unspecified atom stereocenters. The van der Waals surface area contributed by atoms with Crippen LogP contribution in [0.25, 0.3) is 17.2 Å². The zero-order valence-electron chi connectivity index (χ0n) is 16.5. The SMILES string of the molecule is COC(=O)c1nc(-c2cn(-c3ccc([N+](=O)[O-])cc3)nn2)n(COCCOC(C)=O)n1. The van der Waals surface area contributed by atoms with Crippen LogP contribution in [0.3, 0.4) is 0 Å². The maximum absolute atomic E-state index is 11.8. The van der Waals surface area contributed by atoms with Crippen molar-refractivity contribution in [3.05, 3.63) is 46.4 Å². The van der Waals surface area contributed by atoms with Crippen molar-refractivity contribution >= 4 is 17.6 Å². The number of carbonyl (C=O) groups excluding carboxylic acids is 2. The lowest BCUT2D eigenvalue weighted by molar-refractivity contribution is -0.384. The van der Waals surface area contributed by atoms with E-state index >= 15 is 0 Å². The van der Waals surface area contributed by atoms with Crippen LogP contribution in [-0.2, 0) is 25.7 Å². The Kier molecular flexibility index (Phi) is 6.61. The molecule has 3 aromatic rings. The number of benzene rings is 1. The van der Waals surface area contributed by atoms with Crippen LogP contribution in [0.4, 0.5) is 5.69 Å². The normalized spacial score (nSPS) is 10.6. The summed E-state index contributed by atoms with van der Waals surface area (Å²) in [6.45, 7) is 1.33. The van der Waals surface area contributed by atoms with E-state index in [-0.39, 0.29) is 43.0 Å². The van der Waals surface area contributed by atoms with Gasteiger partial charge in [-0.2, -0.15) is 4.98 Å². The van der Waals surface area contributed by atoms with Crippen LogP contribution < -0.4 is 0 Å². The summed E-state index contributed by atoms with van der Waals surface area (Å²) in [5.41, 5.74) is 0.739. The molecule has 1 aromatic carbocycles. The van der Waals surface area contributed by atoms with Crippen LogP contribution in [0.15, 0.2) is 30.5 Å². The summed E-state index contributed by atoms with van der Waals surface area (Å²) < 4.78 is 17.5. The topological polar surface area (TPSA) is 166 Å². The molecule has 14 nitrogen and oxygen atoms in total. The van der Waals surface area contributed by atoms with Crippen molar-refractivity contribution < 1.29 is 28.7 Å². The molecule has 14 heteroatoms. The number of nitro groups is 1. The van der Waals surface area contributed by atoms with Gasteiger partial charge in [0.25, 0.3) is 11.5 Å². The molecule has 0 fully saturated rings. The minimum atomic E-state index is -0.748. The van der Waals surface area contributed by atoms with Gasteiger partial charge in [0.1, 0.15) is 13.3 Å². The summed E-state index contributed by atoms with van der Waals surface area (Å²) in [6, 6.07) is 5.70. The lowest BCUT2D eigenvalue weighted by Gasteiger charge is -2.06. The highest BCUT2D eigenvalue weighted by Crippen LogP contribution is 2.19. The zero-order chi connectivity index (χ0) is 22.4. The van der Waals surface area contributed by atoms with Gasteiger partial charge < -0.3 is 14.2 Å². The molecule has 0 saturated carbocycles. The molecule has 0 bridgehead atoms. The largest absolute Gasteiger partial charge is 0.463 e. The Morgan fingerprint density at radius 3 is 2.58 bits per heavy atom. The van der Waals surface area contributed by atoms with Crippen molar-refractivity contribution in [3.63, 3.8) is 0 Å². The zero-order valence-corrected chi connectivity index (χ0v) is 16.5. The second kappa shape index (κ2) is 9.53. The van der Waals surface area contributed by atoms with Crippen molar-refractivity contribution in [2.24, 2.45) is 0 Å².